The SMILES string of the molecule is CCCN(C(=O)Oc1cccc(Br)c1)C(C)(C)C. The molecule has 1 aromatic carbocycles. The van der Waals surface area contributed by atoms with Crippen molar-refractivity contribution < 1.29 is 9.53 Å². The minimum atomic E-state index is -0.303. The Kier molecular flexibility index (Phi) is 5.20. The van der Waals surface area contributed by atoms with E-state index in [4.69, 9.17) is 4.74 Å². The molecule has 0 aromatic heterocycles. The molecule has 0 spiro atoms. The molecule has 0 unspecified atom stereocenters. The van der Waals surface area contributed by atoms with Crippen LogP contribution in [0.2, 0.25) is 0 Å². The maximum atomic E-state index is 12.1. The van der Waals surface area contributed by atoms with Crippen LogP contribution in [0.3, 0.4) is 0 Å². The second-order valence-electron chi connectivity index (χ2n) is 5.15. The third-order valence-electron chi connectivity index (χ3n) is 2.48. The molecule has 0 bridgehead atoms. The molecule has 0 aliphatic carbocycles. The number of amides is 1. The van der Waals surface area contributed by atoms with Crippen LogP contribution in [0.5, 0.6) is 5.75 Å². The highest BCUT2D eigenvalue weighted by Gasteiger charge is 2.27. The minimum absolute atomic E-state index is 0.237. The Hall–Kier alpha value is -1.03. The first kappa shape index (κ1) is 15.0. The number of ether oxygens (including phenoxy) is 1. The van der Waals surface area contributed by atoms with Gasteiger partial charge in [0.25, 0.3) is 0 Å². The Labute approximate surface area is 117 Å². The predicted molar refractivity (Wildman–Crippen MR) is 76.9 cm³/mol. The van der Waals surface area contributed by atoms with Crippen LogP contribution in [-0.4, -0.2) is 23.1 Å². The molecule has 0 N–H and O–H groups in total. The van der Waals surface area contributed by atoms with Crippen molar-refractivity contribution in [1.82, 2.24) is 4.90 Å². The molecule has 0 aliphatic rings. The molecule has 100 valence electrons. The van der Waals surface area contributed by atoms with Crippen molar-refractivity contribution in [1.29, 1.82) is 0 Å². The van der Waals surface area contributed by atoms with Crippen molar-refractivity contribution in [3.63, 3.8) is 0 Å². The van der Waals surface area contributed by atoms with E-state index in [1.54, 1.807) is 17.0 Å². The molecule has 0 aliphatic heterocycles. The zero-order valence-corrected chi connectivity index (χ0v) is 13.0. The van der Waals surface area contributed by atoms with Crippen molar-refractivity contribution in [2.45, 2.75) is 39.7 Å². The number of halogens is 1. The van der Waals surface area contributed by atoms with Crippen LogP contribution >= 0.6 is 15.9 Å². The molecular formula is C14H20BrNO2. The topological polar surface area (TPSA) is 29.5 Å². The fourth-order valence-electron chi connectivity index (χ4n) is 1.61. The Morgan fingerprint density at radius 2 is 2.06 bits per heavy atom. The van der Waals surface area contributed by atoms with E-state index in [1.807, 2.05) is 39.8 Å². The molecule has 1 rings (SSSR count). The van der Waals surface area contributed by atoms with Gasteiger partial charge in [-0.2, -0.15) is 0 Å². The van der Waals surface area contributed by atoms with Gasteiger partial charge in [-0.05, 0) is 45.4 Å². The Morgan fingerprint density at radius 3 is 2.56 bits per heavy atom. The molecule has 0 saturated carbocycles. The molecule has 0 saturated heterocycles. The number of benzene rings is 1. The van der Waals surface area contributed by atoms with Gasteiger partial charge in [-0.15, -0.1) is 0 Å². The Balaban J connectivity index is 2.79. The van der Waals surface area contributed by atoms with Crippen molar-refractivity contribution >= 4 is 22.0 Å². The number of nitrogens with zero attached hydrogens (tertiary/aromatic N) is 1. The average molecular weight is 314 g/mol. The van der Waals surface area contributed by atoms with Crippen LogP contribution < -0.4 is 4.74 Å². The van der Waals surface area contributed by atoms with Crippen molar-refractivity contribution in [3.05, 3.63) is 28.7 Å². The molecular weight excluding hydrogens is 294 g/mol. The lowest BCUT2D eigenvalue weighted by Gasteiger charge is -2.34. The van der Waals surface area contributed by atoms with Crippen LogP contribution in [-0.2, 0) is 0 Å². The average Bonchev–Trinajstić information content (AvgIpc) is 2.24. The molecule has 1 aromatic rings. The van der Waals surface area contributed by atoms with E-state index in [0.29, 0.717) is 12.3 Å². The summed E-state index contributed by atoms with van der Waals surface area (Å²) in [5, 5.41) is 0. The van der Waals surface area contributed by atoms with Crippen LogP contribution in [0, 0.1) is 0 Å². The summed E-state index contributed by atoms with van der Waals surface area (Å²) in [7, 11) is 0. The van der Waals surface area contributed by atoms with Gasteiger partial charge in [0.05, 0.1) is 0 Å². The highest BCUT2D eigenvalue weighted by atomic mass is 79.9. The van der Waals surface area contributed by atoms with E-state index in [1.165, 1.54) is 0 Å². The van der Waals surface area contributed by atoms with Gasteiger partial charge in [0.1, 0.15) is 5.75 Å². The molecule has 0 atom stereocenters. The standard InChI is InChI=1S/C14H20BrNO2/c1-5-9-16(14(2,3)4)13(17)18-12-8-6-7-11(15)10-12/h6-8,10H,5,9H2,1-4H3. The normalized spacial score (nSPS) is 11.2. The van der Waals surface area contributed by atoms with Gasteiger partial charge in [0.2, 0.25) is 0 Å². The lowest BCUT2D eigenvalue weighted by molar-refractivity contribution is 0.107. The lowest BCUT2D eigenvalue weighted by Crippen LogP contribution is -2.47. The molecule has 4 heteroatoms. The summed E-state index contributed by atoms with van der Waals surface area (Å²) < 4.78 is 6.29. The third-order valence-corrected chi connectivity index (χ3v) is 2.97. The quantitative estimate of drug-likeness (QED) is 0.824. The first-order chi connectivity index (χ1) is 8.34. The first-order valence-corrected chi connectivity index (χ1v) is 6.89. The summed E-state index contributed by atoms with van der Waals surface area (Å²) in [6, 6.07) is 7.29. The largest absolute Gasteiger partial charge is 0.415 e. The van der Waals surface area contributed by atoms with Gasteiger partial charge in [-0.25, -0.2) is 4.79 Å². The van der Waals surface area contributed by atoms with E-state index in [9.17, 15) is 4.79 Å². The second-order valence-corrected chi connectivity index (χ2v) is 6.06. The van der Waals surface area contributed by atoms with E-state index >= 15 is 0 Å². The maximum absolute atomic E-state index is 12.1. The molecule has 0 radical (unpaired) electrons. The van der Waals surface area contributed by atoms with Crippen LogP contribution in [0.25, 0.3) is 0 Å². The smallest absolute Gasteiger partial charge is 0.410 e. The maximum Gasteiger partial charge on any atom is 0.415 e. The molecule has 0 fully saturated rings. The highest BCUT2D eigenvalue weighted by Crippen LogP contribution is 2.21. The molecule has 1 amide bonds. The van der Waals surface area contributed by atoms with Gasteiger partial charge in [-0.3, -0.25) is 0 Å². The summed E-state index contributed by atoms with van der Waals surface area (Å²) in [5.74, 6) is 0.555. The van der Waals surface area contributed by atoms with Crippen molar-refractivity contribution in [3.8, 4) is 5.75 Å². The zero-order chi connectivity index (χ0) is 13.8. The van der Waals surface area contributed by atoms with Crippen molar-refractivity contribution in [2.75, 3.05) is 6.54 Å². The van der Waals surface area contributed by atoms with Crippen molar-refractivity contribution in [2.24, 2.45) is 0 Å². The highest BCUT2D eigenvalue weighted by molar-refractivity contribution is 9.10. The number of carbonyl (C=O) groups is 1. The summed E-state index contributed by atoms with van der Waals surface area (Å²) in [4.78, 5) is 13.9. The van der Waals surface area contributed by atoms with Crippen LogP contribution in [0.15, 0.2) is 28.7 Å². The number of hydrogen-bond acceptors (Lipinski definition) is 2. The van der Waals surface area contributed by atoms with Crippen LogP contribution in [0.4, 0.5) is 4.79 Å². The Morgan fingerprint density at radius 1 is 1.39 bits per heavy atom. The Bertz CT molecular complexity index is 413. The lowest BCUT2D eigenvalue weighted by atomic mass is 10.1. The monoisotopic (exact) mass is 313 g/mol. The van der Waals surface area contributed by atoms with Gasteiger partial charge in [-0.1, -0.05) is 28.9 Å². The molecule has 0 heterocycles. The van der Waals surface area contributed by atoms with Gasteiger partial charge in [0, 0.05) is 16.6 Å². The van der Waals surface area contributed by atoms with Gasteiger partial charge >= 0.3 is 6.09 Å². The van der Waals surface area contributed by atoms with Gasteiger partial charge in [0.15, 0.2) is 0 Å². The summed E-state index contributed by atoms with van der Waals surface area (Å²) >= 11 is 3.35. The summed E-state index contributed by atoms with van der Waals surface area (Å²) in [5.41, 5.74) is -0.237. The second kappa shape index (κ2) is 6.23. The van der Waals surface area contributed by atoms with E-state index in [0.717, 1.165) is 10.9 Å². The summed E-state index contributed by atoms with van der Waals surface area (Å²) in [6.45, 7) is 8.75. The number of hydrogen-bond donors (Lipinski definition) is 0. The first-order valence-electron chi connectivity index (χ1n) is 6.09. The van der Waals surface area contributed by atoms with E-state index < -0.39 is 0 Å². The fourth-order valence-corrected chi connectivity index (χ4v) is 1.99. The zero-order valence-electron chi connectivity index (χ0n) is 11.4. The minimum Gasteiger partial charge on any atom is -0.410 e. The molecule has 3 nitrogen and oxygen atoms in total. The predicted octanol–water partition coefficient (Wildman–Crippen LogP) is 4.46. The van der Waals surface area contributed by atoms with E-state index in [2.05, 4.69) is 15.9 Å². The third kappa shape index (κ3) is 4.33. The van der Waals surface area contributed by atoms with Crippen LogP contribution in [0.1, 0.15) is 34.1 Å². The van der Waals surface area contributed by atoms with E-state index in [-0.39, 0.29) is 11.6 Å². The summed E-state index contributed by atoms with van der Waals surface area (Å²) in [6.07, 6.45) is 0.604. The van der Waals surface area contributed by atoms with Gasteiger partial charge < -0.3 is 9.64 Å². The number of carbonyl (C=O) groups excluding carboxylic acids is 1. The fraction of sp³-hybridized carbons (Fsp3) is 0.500. The molecule has 18 heavy (non-hydrogen) atoms. The number of rotatable bonds is 3.